The molecule has 4 aromatic rings. The van der Waals surface area contributed by atoms with E-state index in [0.717, 1.165) is 43.8 Å². The van der Waals surface area contributed by atoms with Gasteiger partial charge in [-0.05, 0) is 18.2 Å². The first-order valence-corrected chi connectivity index (χ1v) is 10.9. The van der Waals surface area contributed by atoms with Crippen LogP contribution in [0.25, 0.3) is 16.7 Å². The number of piperazine rings is 1. The SMILES string of the molecule is COc1cc(Nc2ncc(F)c(-n3cc(C(N)=O)c4ccccc43)n2)ccc1N1CCNCC1. The Balaban J connectivity index is 1.49. The van der Waals surface area contributed by atoms with Gasteiger partial charge >= 0.3 is 0 Å². The average molecular weight is 462 g/mol. The van der Waals surface area contributed by atoms with Gasteiger partial charge in [0.25, 0.3) is 5.91 Å². The third-order valence-corrected chi connectivity index (χ3v) is 5.82. The molecular formula is C24H24FN7O2. The summed E-state index contributed by atoms with van der Waals surface area (Å²) in [5.74, 6) is -0.303. The van der Waals surface area contributed by atoms with Gasteiger partial charge in [-0.2, -0.15) is 4.98 Å². The van der Waals surface area contributed by atoms with Crippen molar-refractivity contribution >= 4 is 34.1 Å². The Morgan fingerprint density at radius 3 is 2.76 bits per heavy atom. The zero-order valence-electron chi connectivity index (χ0n) is 18.6. The van der Waals surface area contributed by atoms with E-state index in [1.54, 1.807) is 31.4 Å². The smallest absolute Gasteiger partial charge is 0.250 e. The second-order valence-corrected chi connectivity index (χ2v) is 7.91. The van der Waals surface area contributed by atoms with Gasteiger partial charge in [0.15, 0.2) is 11.6 Å². The molecule has 4 N–H and O–H groups in total. The van der Waals surface area contributed by atoms with Crippen molar-refractivity contribution in [2.24, 2.45) is 5.73 Å². The second kappa shape index (κ2) is 8.99. The minimum Gasteiger partial charge on any atom is -0.495 e. The number of fused-ring (bicyclic) bond motifs is 1. The number of hydrogen-bond donors (Lipinski definition) is 3. The highest BCUT2D eigenvalue weighted by Gasteiger charge is 2.18. The van der Waals surface area contributed by atoms with E-state index in [-0.39, 0.29) is 17.3 Å². The molecule has 2 aromatic carbocycles. The third kappa shape index (κ3) is 3.99. The van der Waals surface area contributed by atoms with E-state index < -0.39 is 11.7 Å². The molecule has 174 valence electrons. The number of primary amides is 1. The molecule has 0 atom stereocenters. The predicted octanol–water partition coefficient (Wildman–Crippen LogP) is 2.82. The molecule has 2 aromatic heterocycles. The summed E-state index contributed by atoms with van der Waals surface area (Å²) < 4.78 is 21.9. The quantitative estimate of drug-likeness (QED) is 0.405. The number of amides is 1. The maximum Gasteiger partial charge on any atom is 0.250 e. The summed E-state index contributed by atoms with van der Waals surface area (Å²) in [4.78, 5) is 22.6. The number of nitrogens with two attached hydrogens (primary N) is 1. The molecule has 0 saturated carbocycles. The molecule has 0 unspecified atom stereocenters. The largest absolute Gasteiger partial charge is 0.495 e. The van der Waals surface area contributed by atoms with Crippen molar-refractivity contribution in [3.05, 3.63) is 66.2 Å². The summed E-state index contributed by atoms with van der Waals surface area (Å²) in [6.45, 7) is 3.62. The maximum atomic E-state index is 14.8. The van der Waals surface area contributed by atoms with Crippen LogP contribution < -0.4 is 26.0 Å². The van der Waals surface area contributed by atoms with Gasteiger partial charge in [-0.25, -0.2) is 9.37 Å². The number of hydrogen-bond acceptors (Lipinski definition) is 7. The Hall–Kier alpha value is -4.18. The van der Waals surface area contributed by atoms with Crippen molar-refractivity contribution in [1.29, 1.82) is 0 Å². The number of methoxy groups -OCH3 is 1. The Morgan fingerprint density at radius 1 is 1.21 bits per heavy atom. The van der Waals surface area contributed by atoms with Gasteiger partial charge in [0, 0.05) is 49.5 Å². The average Bonchev–Trinajstić information content (AvgIpc) is 3.25. The van der Waals surface area contributed by atoms with Gasteiger partial charge in [-0.3, -0.25) is 9.36 Å². The summed E-state index contributed by atoms with van der Waals surface area (Å²) in [6.07, 6.45) is 2.59. The molecule has 0 bridgehead atoms. The monoisotopic (exact) mass is 461 g/mol. The van der Waals surface area contributed by atoms with Crippen LogP contribution >= 0.6 is 0 Å². The molecule has 5 rings (SSSR count). The topological polar surface area (TPSA) is 110 Å². The van der Waals surface area contributed by atoms with Gasteiger partial charge in [-0.15, -0.1) is 0 Å². The molecule has 1 amide bonds. The zero-order chi connectivity index (χ0) is 23.7. The van der Waals surface area contributed by atoms with Crippen molar-refractivity contribution in [2.45, 2.75) is 0 Å². The zero-order valence-corrected chi connectivity index (χ0v) is 18.6. The van der Waals surface area contributed by atoms with Crippen LogP contribution in [0.4, 0.5) is 21.7 Å². The fourth-order valence-corrected chi connectivity index (χ4v) is 4.19. The molecule has 1 fully saturated rings. The molecule has 3 heterocycles. The second-order valence-electron chi connectivity index (χ2n) is 7.91. The lowest BCUT2D eigenvalue weighted by Gasteiger charge is -2.30. The van der Waals surface area contributed by atoms with Crippen LogP contribution in [0.5, 0.6) is 5.75 Å². The lowest BCUT2D eigenvalue weighted by Crippen LogP contribution is -2.43. The van der Waals surface area contributed by atoms with E-state index in [0.29, 0.717) is 16.6 Å². The van der Waals surface area contributed by atoms with Crippen LogP contribution in [0.1, 0.15) is 10.4 Å². The van der Waals surface area contributed by atoms with E-state index in [1.165, 1.54) is 10.8 Å². The fraction of sp³-hybridized carbons (Fsp3) is 0.208. The van der Waals surface area contributed by atoms with Crippen molar-refractivity contribution in [3.63, 3.8) is 0 Å². The molecule has 34 heavy (non-hydrogen) atoms. The van der Waals surface area contributed by atoms with Crippen LogP contribution in [0.15, 0.2) is 54.9 Å². The fourth-order valence-electron chi connectivity index (χ4n) is 4.19. The van der Waals surface area contributed by atoms with Crippen LogP contribution in [-0.2, 0) is 0 Å². The summed E-state index contributed by atoms with van der Waals surface area (Å²) in [7, 11) is 1.63. The van der Waals surface area contributed by atoms with Crippen molar-refractivity contribution < 1.29 is 13.9 Å². The van der Waals surface area contributed by atoms with E-state index in [1.807, 2.05) is 18.2 Å². The molecule has 1 aliphatic heterocycles. The van der Waals surface area contributed by atoms with E-state index >= 15 is 0 Å². The van der Waals surface area contributed by atoms with Crippen LogP contribution in [0.3, 0.4) is 0 Å². The number of benzene rings is 2. The Morgan fingerprint density at radius 2 is 2.00 bits per heavy atom. The Kier molecular flexibility index (Phi) is 5.72. The summed E-state index contributed by atoms with van der Waals surface area (Å²) >= 11 is 0. The van der Waals surface area contributed by atoms with Crippen molar-refractivity contribution in [1.82, 2.24) is 19.9 Å². The Bertz CT molecular complexity index is 1360. The highest BCUT2D eigenvalue weighted by atomic mass is 19.1. The minimum absolute atomic E-state index is 0.00519. The highest BCUT2D eigenvalue weighted by molar-refractivity contribution is 6.06. The number of nitrogens with one attached hydrogen (secondary N) is 2. The predicted molar refractivity (Wildman–Crippen MR) is 129 cm³/mol. The third-order valence-electron chi connectivity index (χ3n) is 5.82. The standard InChI is InChI=1S/C24H24FN7O2/c1-34-21-12-15(6-7-20(21)31-10-8-27-9-11-31)29-24-28-13-18(25)23(30-24)32-14-17(22(26)33)16-4-2-3-5-19(16)32/h2-7,12-14,27H,8-11H2,1H3,(H2,26,33)(H,28,29,30). The highest BCUT2D eigenvalue weighted by Crippen LogP contribution is 2.32. The van der Waals surface area contributed by atoms with Crippen molar-refractivity contribution in [3.8, 4) is 11.6 Å². The van der Waals surface area contributed by atoms with Gasteiger partial charge in [0.05, 0.1) is 30.1 Å². The van der Waals surface area contributed by atoms with E-state index in [4.69, 9.17) is 10.5 Å². The normalized spacial score (nSPS) is 13.8. The first kappa shape index (κ1) is 21.7. The number of aromatic nitrogens is 3. The van der Waals surface area contributed by atoms with Crippen molar-refractivity contribution in [2.75, 3.05) is 43.5 Å². The maximum absolute atomic E-state index is 14.8. The number of carbonyl (C=O) groups excluding carboxylic acids is 1. The van der Waals surface area contributed by atoms with Crippen LogP contribution in [0, 0.1) is 5.82 Å². The molecule has 0 spiro atoms. The molecule has 9 nitrogen and oxygen atoms in total. The number of nitrogens with zero attached hydrogens (tertiary/aromatic N) is 4. The molecule has 0 radical (unpaired) electrons. The first-order chi connectivity index (χ1) is 16.5. The number of halogens is 1. The Labute approximate surface area is 195 Å². The minimum atomic E-state index is -0.631. The molecule has 10 heteroatoms. The molecule has 0 aliphatic carbocycles. The van der Waals surface area contributed by atoms with Gasteiger partial charge < -0.3 is 26.0 Å². The number of anilines is 3. The lowest BCUT2D eigenvalue weighted by molar-refractivity contribution is 0.100. The van der Waals surface area contributed by atoms with Crippen LogP contribution in [-0.4, -0.2) is 53.7 Å². The summed E-state index contributed by atoms with van der Waals surface area (Å²) in [6, 6.07) is 12.9. The van der Waals surface area contributed by atoms with Gasteiger partial charge in [-0.1, -0.05) is 18.2 Å². The van der Waals surface area contributed by atoms with Gasteiger partial charge in [0.2, 0.25) is 5.95 Å². The molecular weight excluding hydrogens is 437 g/mol. The summed E-state index contributed by atoms with van der Waals surface area (Å²) in [5, 5.41) is 7.08. The first-order valence-electron chi connectivity index (χ1n) is 10.9. The number of rotatable bonds is 6. The number of ether oxygens (including phenoxy) is 1. The molecule has 1 aliphatic rings. The number of carbonyl (C=O) groups is 1. The molecule has 1 saturated heterocycles. The van der Waals surface area contributed by atoms with E-state index in [2.05, 4.69) is 25.5 Å². The van der Waals surface area contributed by atoms with Crippen LogP contribution in [0.2, 0.25) is 0 Å². The lowest BCUT2D eigenvalue weighted by atomic mass is 10.2. The number of para-hydroxylation sites is 1. The summed E-state index contributed by atoms with van der Waals surface area (Å²) in [5.41, 5.74) is 8.13. The van der Waals surface area contributed by atoms with E-state index in [9.17, 15) is 9.18 Å². The van der Waals surface area contributed by atoms with Gasteiger partial charge in [0.1, 0.15) is 5.75 Å².